The Kier molecular flexibility index (Phi) is 8.68. The first-order chi connectivity index (χ1) is 16.6. The summed E-state index contributed by atoms with van der Waals surface area (Å²) in [6.07, 6.45) is 11.6. The Morgan fingerprint density at radius 3 is 2.74 bits per heavy atom. The van der Waals surface area contributed by atoms with Crippen molar-refractivity contribution in [2.24, 2.45) is 17.8 Å². The molecule has 2 saturated carbocycles. The minimum atomic E-state index is 0.0907. The van der Waals surface area contributed by atoms with Crippen LogP contribution in [0.3, 0.4) is 0 Å². The molecule has 8 nitrogen and oxygen atoms in total. The number of hydrogen-bond donors (Lipinski definition) is 5. The van der Waals surface area contributed by atoms with Crippen LogP contribution in [0.2, 0.25) is 0 Å². The van der Waals surface area contributed by atoms with Gasteiger partial charge in [-0.2, -0.15) is 0 Å². The van der Waals surface area contributed by atoms with Crippen molar-refractivity contribution >= 4 is 17.5 Å². The highest BCUT2D eigenvalue weighted by Gasteiger charge is 2.42. The van der Waals surface area contributed by atoms with Gasteiger partial charge in [0.2, 0.25) is 5.91 Å². The number of fused-ring (bicyclic) bond motifs is 1. The molecular formula is C25H45ClN6O2. The molecule has 0 aromatic carbocycles. The Balaban J connectivity index is 1.08. The number of hydrogen-bond acceptors (Lipinski definition) is 7. The maximum atomic E-state index is 13.3. The fraction of sp³-hybridized carbons (Fsp3) is 0.960. The van der Waals surface area contributed by atoms with E-state index in [0.29, 0.717) is 30.7 Å². The van der Waals surface area contributed by atoms with Gasteiger partial charge in [0.05, 0.1) is 23.8 Å². The predicted octanol–water partition coefficient (Wildman–Crippen LogP) is 1.51. The predicted molar refractivity (Wildman–Crippen MR) is 134 cm³/mol. The molecule has 0 bridgehead atoms. The second-order valence-electron chi connectivity index (χ2n) is 11.3. The first-order valence-electron chi connectivity index (χ1n) is 13.8. The van der Waals surface area contributed by atoms with E-state index in [9.17, 15) is 4.79 Å². The number of alkyl halides is 1. The number of amides is 1. The molecule has 0 aromatic rings. The molecule has 194 valence electrons. The fourth-order valence-corrected chi connectivity index (χ4v) is 7.52. The van der Waals surface area contributed by atoms with Gasteiger partial charge in [0.1, 0.15) is 0 Å². The SMILES string of the molecule is CN1C(CNC2CCCC(C(=O)N[C@H]3CCOC4C(Cl)CCCC43)C2)NNC1C1CCNCC1. The first-order valence-corrected chi connectivity index (χ1v) is 14.3. The number of nitrogens with one attached hydrogen (secondary N) is 5. The van der Waals surface area contributed by atoms with Crippen LogP contribution < -0.4 is 26.8 Å². The van der Waals surface area contributed by atoms with Gasteiger partial charge >= 0.3 is 0 Å². The molecule has 0 spiro atoms. The second kappa shape index (κ2) is 11.7. The van der Waals surface area contributed by atoms with Crippen molar-refractivity contribution in [2.75, 3.05) is 33.3 Å². The van der Waals surface area contributed by atoms with Gasteiger partial charge in [-0.3, -0.25) is 9.69 Å². The van der Waals surface area contributed by atoms with Gasteiger partial charge in [0.25, 0.3) is 0 Å². The second-order valence-corrected chi connectivity index (χ2v) is 11.9. The Labute approximate surface area is 210 Å². The van der Waals surface area contributed by atoms with E-state index in [0.717, 1.165) is 71.0 Å². The van der Waals surface area contributed by atoms with E-state index in [1.807, 2.05) is 0 Å². The van der Waals surface area contributed by atoms with Crippen LogP contribution in [0.4, 0.5) is 0 Å². The van der Waals surface area contributed by atoms with Gasteiger partial charge in [-0.25, -0.2) is 10.9 Å². The van der Waals surface area contributed by atoms with Crippen molar-refractivity contribution in [1.82, 2.24) is 31.7 Å². The Hall–Kier alpha value is -0.480. The van der Waals surface area contributed by atoms with Crippen LogP contribution >= 0.6 is 11.6 Å². The molecule has 3 heterocycles. The quantitative estimate of drug-likeness (QED) is 0.356. The topological polar surface area (TPSA) is 89.7 Å². The number of rotatable bonds is 6. The van der Waals surface area contributed by atoms with Crippen LogP contribution in [0.25, 0.3) is 0 Å². The molecule has 9 heteroatoms. The van der Waals surface area contributed by atoms with Gasteiger partial charge < -0.3 is 20.7 Å². The number of halogens is 1. The highest BCUT2D eigenvalue weighted by molar-refractivity contribution is 6.21. The molecular weight excluding hydrogens is 452 g/mol. The molecule has 5 N–H and O–H groups in total. The molecule has 5 rings (SSSR count). The number of likely N-dealkylation sites (N-methyl/N-ethyl adjacent to an activating group) is 1. The van der Waals surface area contributed by atoms with Crippen LogP contribution in [0.15, 0.2) is 0 Å². The summed E-state index contributed by atoms with van der Waals surface area (Å²) in [7, 11) is 2.22. The molecule has 5 fully saturated rings. The summed E-state index contributed by atoms with van der Waals surface area (Å²) in [5, 5.41) is 10.8. The summed E-state index contributed by atoms with van der Waals surface area (Å²) >= 11 is 6.55. The van der Waals surface area contributed by atoms with Crippen molar-refractivity contribution in [3.8, 4) is 0 Å². The zero-order valence-electron chi connectivity index (χ0n) is 20.7. The Morgan fingerprint density at radius 1 is 1.06 bits per heavy atom. The lowest BCUT2D eigenvalue weighted by molar-refractivity contribution is -0.130. The van der Waals surface area contributed by atoms with Gasteiger partial charge in [0.15, 0.2) is 0 Å². The largest absolute Gasteiger partial charge is 0.376 e. The lowest BCUT2D eigenvalue weighted by Gasteiger charge is -2.44. The molecule has 0 aromatic heterocycles. The Bertz CT molecular complexity index is 680. The van der Waals surface area contributed by atoms with Crippen LogP contribution in [0.1, 0.15) is 64.2 Å². The number of hydrazine groups is 1. The summed E-state index contributed by atoms with van der Waals surface area (Å²) < 4.78 is 5.99. The van der Waals surface area contributed by atoms with Crippen LogP contribution in [-0.4, -0.2) is 80.0 Å². The fourth-order valence-electron chi connectivity index (χ4n) is 7.10. The van der Waals surface area contributed by atoms with E-state index in [1.165, 1.54) is 12.8 Å². The van der Waals surface area contributed by atoms with E-state index in [-0.39, 0.29) is 35.5 Å². The molecule has 3 aliphatic heterocycles. The molecule has 0 radical (unpaired) electrons. The summed E-state index contributed by atoms with van der Waals surface area (Å²) in [5.41, 5.74) is 7.04. The number of carbonyl (C=O) groups is 1. The monoisotopic (exact) mass is 496 g/mol. The van der Waals surface area contributed by atoms with Crippen LogP contribution in [0, 0.1) is 17.8 Å². The molecule has 5 aliphatic rings. The molecule has 34 heavy (non-hydrogen) atoms. The zero-order valence-corrected chi connectivity index (χ0v) is 21.5. The van der Waals surface area contributed by atoms with Crippen molar-refractivity contribution < 1.29 is 9.53 Å². The third kappa shape index (κ3) is 5.74. The summed E-state index contributed by atoms with van der Waals surface area (Å²) in [6, 6.07) is 0.623. The first kappa shape index (κ1) is 25.2. The minimum Gasteiger partial charge on any atom is -0.376 e. The van der Waals surface area contributed by atoms with Crippen molar-refractivity contribution in [3.63, 3.8) is 0 Å². The van der Waals surface area contributed by atoms with Gasteiger partial charge in [0, 0.05) is 37.1 Å². The summed E-state index contributed by atoms with van der Waals surface area (Å²) in [6.45, 7) is 3.84. The smallest absolute Gasteiger partial charge is 0.223 e. The lowest BCUT2D eigenvalue weighted by Crippen LogP contribution is -2.55. The highest BCUT2D eigenvalue weighted by atomic mass is 35.5. The molecule has 7 unspecified atom stereocenters. The van der Waals surface area contributed by atoms with Crippen molar-refractivity contribution in [2.45, 2.75) is 100 Å². The molecule has 8 atom stereocenters. The standard InChI is InChI=1S/C25H45ClN6O2/c1-32-22(30-31-24(32)16-8-11-27-12-9-16)15-28-18-5-2-4-17(14-18)25(33)29-21-10-13-34-23-19(21)6-3-7-20(23)26/h16-24,27-28,30-31H,2-15H2,1H3,(H,29,33)/t17?,18?,19?,20?,21-,22?,23?,24?/m0/s1. The number of ether oxygens (including phenoxy) is 1. The molecule has 2 aliphatic carbocycles. The van der Waals surface area contributed by atoms with E-state index < -0.39 is 0 Å². The van der Waals surface area contributed by atoms with Crippen molar-refractivity contribution in [3.05, 3.63) is 0 Å². The van der Waals surface area contributed by atoms with E-state index in [1.54, 1.807) is 0 Å². The minimum absolute atomic E-state index is 0.0907. The summed E-state index contributed by atoms with van der Waals surface area (Å²) in [4.78, 5) is 15.7. The van der Waals surface area contributed by atoms with E-state index in [2.05, 4.69) is 38.7 Å². The van der Waals surface area contributed by atoms with Gasteiger partial charge in [-0.1, -0.05) is 12.8 Å². The highest BCUT2D eigenvalue weighted by Crippen LogP contribution is 2.37. The van der Waals surface area contributed by atoms with E-state index in [4.69, 9.17) is 16.3 Å². The average molecular weight is 497 g/mol. The van der Waals surface area contributed by atoms with Gasteiger partial charge in [-0.15, -0.1) is 11.6 Å². The zero-order chi connectivity index (χ0) is 23.5. The van der Waals surface area contributed by atoms with E-state index >= 15 is 0 Å². The maximum Gasteiger partial charge on any atom is 0.223 e. The third-order valence-electron chi connectivity index (χ3n) is 9.18. The Morgan fingerprint density at radius 2 is 1.88 bits per heavy atom. The van der Waals surface area contributed by atoms with Crippen molar-refractivity contribution in [1.29, 1.82) is 0 Å². The summed E-state index contributed by atoms with van der Waals surface area (Å²) in [5.74, 6) is 1.42. The molecule has 3 saturated heterocycles. The average Bonchev–Trinajstić information content (AvgIpc) is 3.24. The van der Waals surface area contributed by atoms with Crippen LogP contribution in [-0.2, 0) is 9.53 Å². The maximum absolute atomic E-state index is 13.3. The number of piperidine rings is 1. The lowest BCUT2D eigenvalue weighted by atomic mass is 9.78. The number of nitrogens with zero attached hydrogens (tertiary/aromatic N) is 1. The number of carbonyl (C=O) groups excluding carboxylic acids is 1. The van der Waals surface area contributed by atoms with Gasteiger partial charge in [-0.05, 0) is 77.4 Å². The molecule has 1 amide bonds. The van der Waals surface area contributed by atoms with Crippen LogP contribution in [0.5, 0.6) is 0 Å². The normalized spacial score (nSPS) is 42.3. The third-order valence-corrected chi connectivity index (χ3v) is 9.65.